The lowest BCUT2D eigenvalue weighted by Crippen LogP contribution is -2.22. The Bertz CT molecular complexity index is 761. The van der Waals surface area contributed by atoms with E-state index in [1.165, 1.54) is 0 Å². The van der Waals surface area contributed by atoms with Gasteiger partial charge in [-0.25, -0.2) is 0 Å². The van der Waals surface area contributed by atoms with E-state index < -0.39 is 0 Å². The van der Waals surface area contributed by atoms with E-state index >= 15 is 0 Å². The first-order chi connectivity index (χ1) is 10.7. The molecule has 4 heteroatoms. The van der Waals surface area contributed by atoms with Crippen LogP contribution in [0.1, 0.15) is 21.5 Å². The number of carbonyl (C=O) groups excluding carboxylic acids is 1. The molecule has 0 unspecified atom stereocenters. The molecule has 0 aliphatic heterocycles. The van der Waals surface area contributed by atoms with E-state index in [4.69, 9.17) is 0 Å². The number of carbonyl (C=O) groups is 1. The monoisotopic (exact) mass is 291 g/mol. The van der Waals surface area contributed by atoms with Crippen LogP contribution in [0.3, 0.4) is 0 Å². The topological polar surface area (TPSA) is 57.8 Å². The first-order valence-electron chi connectivity index (χ1n) is 7.16. The molecule has 110 valence electrons. The van der Waals surface area contributed by atoms with Crippen molar-refractivity contribution in [3.63, 3.8) is 0 Å². The van der Waals surface area contributed by atoms with Crippen LogP contribution < -0.4 is 5.32 Å². The zero-order chi connectivity index (χ0) is 15.4. The number of aromatic amines is 1. The standard InChI is InChI=1S/C18H17N3O/c1-13-7-9-15(10-8-13)18(22)19-11-16-12-20-21-17(16)14-5-3-2-4-6-14/h2-10,12H,11H2,1H3,(H,19,22)(H,20,21). The minimum atomic E-state index is -0.0831. The summed E-state index contributed by atoms with van der Waals surface area (Å²) in [4.78, 5) is 12.2. The van der Waals surface area contributed by atoms with Crippen molar-refractivity contribution < 1.29 is 4.79 Å². The van der Waals surface area contributed by atoms with Crippen LogP contribution in [-0.2, 0) is 6.54 Å². The maximum atomic E-state index is 12.2. The van der Waals surface area contributed by atoms with Crippen LogP contribution in [0.5, 0.6) is 0 Å². The summed E-state index contributed by atoms with van der Waals surface area (Å²) < 4.78 is 0. The molecule has 1 heterocycles. The molecule has 4 nitrogen and oxygen atoms in total. The van der Waals surface area contributed by atoms with Gasteiger partial charge >= 0.3 is 0 Å². The van der Waals surface area contributed by atoms with E-state index in [-0.39, 0.29) is 5.91 Å². The van der Waals surface area contributed by atoms with Gasteiger partial charge in [-0.15, -0.1) is 0 Å². The summed E-state index contributed by atoms with van der Waals surface area (Å²) in [6.07, 6.45) is 1.75. The highest BCUT2D eigenvalue weighted by atomic mass is 16.1. The van der Waals surface area contributed by atoms with Gasteiger partial charge in [-0.1, -0.05) is 48.0 Å². The predicted molar refractivity (Wildman–Crippen MR) is 86.4 cm³/mol. The Morgan fingerprint density at radius 3 is 2.55 bits per heavy atom. The SMILES string of the molecule is Cc1ccc(C(=O)NCc2cn[nH]c2-c2ccccc2)cc1. The Morgan fingerprint density at radius 1 is 1.09 bits per heavy atom. The zero-order valence-corrected chi connectivity index (χ0v) is 12.3. The third-order valence-electron chi connectivity index (χ3n) is 3.53. The highest BCUT2D eigenvalue weighted by Gasteiger charge is 2.10. The fourth-order valence-corrected chi connectivity index (χ4v) is 2.28. The highest BCUT2D eigenvalue weighted by molar-refractivity contribution is 5.94. The Kier molecular flexibility index (Phi) is 4.01. The average Bonchev–Trinajstić information content (AvgIpc) is 3.02. The van der Waals surface area contributed by atoms with Crippen LogP contribution in [0.15, 0.2) is 60.8 Å². The third-order valence-corrected chi connectivity index (χ3v) is 3.53. The number of hydrogen-bond acceptors (Lipinski definition) is 2. The highest BCUT2D eigenvalue weighted by Crippen LogP contribution is 2.20. The van der Waals surface area contributed by atoms with Crippen molar-refractivity contribution in [2.75, 3.05) is 0 Å². The van der Waals surface area contributed by atoms with Gasteiger partial charge in [0.25, 0.3) is 5.91 Å². The molecule has 3 aromatic rings. The summed E-state index contributed by atoms with van der Waals surface area (Å²) >= 11 is 0. The van der Waals surface area contributed by atoms with Crippen LogP contribution in [0.2, 0.25) is 0 Å². The number of nitrogens with one attached hydrogen (secondary N) is 2. The van der Waals surface area contributed by atoms with Crippen molar-refractivity contribution in [2.45, 2.75) is 13.5 Å². The van der Waals surface area contributed by atoms with Gasteiger partial charge in [0, 0.05) is 17.7 Å². The smallest absolute Gasteiger partial charge is 0.251 e. The van der Waals surface area contributed by atoms with Gasteiger partial charge in [-0.3, -0.25) is 9.89 Å². The van der Waals surface area contributed by atoms with Crippen molar-refractivity contribution in [1.82, 2.24) is 15.5 Å². The van der Waals surface area contributed by atoms with Gasteiger partial charge in [0.15, 0.2) is 0 Å². The van der Waals surface area contributed by atoms with Crippen LogP contribution in [-0.4, -0.2) is 16.1 Å². The first-order valence-corrected chi connectivity index (χ1v) is 7.16. The number of aryl methyl sites for hydroxylation is 1. The molecule has 1 amide bonds. The van der Waals surface area contributed by atoms with Crippen molar-refractivity contribution in [3.8, 4) is 11.3 Å². The second kappa shape index (κ2) is 6.26. The Morgan fingerprint density at radius 2 is 1.82 bits per heavy atom. The molecule has 22 heavy (non-hydrogen) atoms. The summed E-state index contributed by atoms with van der Waals surface area (Å²) in [5.74, 6) is -0.0831. The Labute approximate surface area is 129 Å². The number of benzene rings is 2. The molecular formula is C18H17N3O. The van der Waals surface area contributed by atoms with Gasteiger partial charge in [-0.2, -0.15) is 5.10 Å². The summed E-state index contributed by atoms with van der Waals surface area (Å²) in [6, 6.07) is 17.5. The fourth-order valence-electron chi connectivity index (χ4n) is 2.28. The molecule has 0 fully saturated rings. The van der Waals surface area contributed by atoms with Crippen LogP contribution in [0.25, 0.3) is 11.3 Å². The lowest BCUT2D eigenvalue weighted by atomic mass is 10.1. The van der Waals surface area contributed by atoms with Gasteiger partial charge in [0.2, 0.25) is 0 Å². The normalized spacial score (nSPS) is 10.4. The molecule has 0 atom stereocenters. The fraction of sp³-hybridized carbons (Fsp3) is 0.111. The quantitative estimate of drug-likeness (QED) is 0.774. The molecular weight excluding hydrogens is 274 g/mol. The molecule has 1 aromatic heterocycles. The molecule has 0 spiro atoms. The third kappa shape index (κ3) is 3.06. The number of rotatable bonds is 4. The summed E-state index contributed by atoms with van der Waals surface area (Å²) in [6.45, 7) is 2.44. The molecule has 2 aromatic carbocycles. The number of hydrogen-bond donors (Lipinski definition) is 2. The minimum Gasteiger partial charge on any atom is -0.348 e. The molecule has 0 aliphatic rings. The van der Waals surface area contributed by atoms with Crippen molar-refractivity contribution >= 4 is 5.91 Å². The van der Waals surface area contributed by atoms with Gasteiger partial charge in [0.1, 0.15) is 0 Å². The lowest BCUT2D eigenvalue weighted by molar-refractivity contribution is 0.0951. The van der Waals surface area contributed by atoms with Crippen molar-refractivity contribution in [3.05, 3.63) is 77.5 Å². The minimum absolute atomic E-state index is 0.0831. The number of aromatic nitrogens is 2. The molecule has 0 saturated heterocycles. The number of amides is 1. The predicted octanol–water partition coefficient (Wildman–Crippen LogP) is 3.32. The van der Waals surface area contributed by atoms with E-state index in [2.05, 4.69) is 15.5 Å². The average molecular weight is 291 g/mol. The van der Waals surface area contributed by atoms with Crippen molar-refractivity contribution in [2.24, 2.45) is 0 Å². The van der Waals surface area contributed by atoms with Crippen LogP contribution >= 0.6 is 0 Å². The largest absolute Gasteiger partial charge is 0.348 e. The zero-order valence-electron chi connectivity index (χ0n) is 12.3. The van der Waals surface area contributed by atoms with E-state index in [9.17, 15) is 4.79 Å². The van der Waals surface area contributed by atoms with Gasteiger partial charge in [0.05, 0.1) is 11.9 Å². The van der Waals surface area contributed by atoms with Crippen molar-refractivity contribution in [1.29, 1.82) is 0 Å². The van der Waals surface area contributed by atoms with E-state index in [0.717, 1.165) is 22.4 Å². The maximum absolute atomic E-state index is 12.2. The Hall–Kier alpha value is -2.88. The lowest BCUT2D eigenvalue weighted by Gasteiger charge is -2.06. The van der Waals surface area contributed by atoms with Crippen LogP contribution in [0, 0.1) is 6.92 Å². The molecule has 3 rings (SSSR count). The molecule has 0 bridgehead atoms. The van der Waals surface area contributed by atoms with Gasteiger partial charge < -0.3 is 5.32 Å². The number of H-pyrrole nitrogens is 1. The summed E-state index contributed by atoms with van der Waals surface area (Å²) in [5, 5.41) is 10.0. The second-order valence-corrected chi connectivity index (χ2v) is 5.18. The molecule has 0 saturated carbocycles. The second-order valence-electron chi connectivity index (χ2n) is 5.18. The van der Waals surface area contributed by atoms with Crippen LogP contribution in [0.4, 0.5) is 0 Å². The van der Waals surface area contributed by atoms with E-state index in [1.807, 2.05) is 61.5 Å². The summed E-state index contributed by atoms with van der Waals surface area (Å²) in [5.41, 5.74) is 4.75. The van der Waals surface area contributed by atoms with E-state index in [1.54, 1.807) is 6.20 Å². The number of nitrogens with zero attached hydrogens (tertiary/aromatic N) is 1. The summed E-state index contributed by atoms with van der Waals surface area (Å²) in [7, 11) is 0. The maximum Gasteiger partial charge on any atom is 0.251 e. The Balaban J connectivity index is 1.71. The first kappa shape index (κ1) is 14.1. The molecule has 0 radical (unpaired) electrons. The molecule has 0 aliphatic carbocycles. The molecule has 2 N–H and O–H groups in total. The van der Waals surface area contributed by atoms with E-state index in [0.29, 0.717) is 12.1 Å². The van der Waals surface area contributed by atoms with Gasteiger partial charge in [-0.05, 0) is 24.6 Å².